The molecular weight excluding hydrogens is 352 g/mol. The number of nitrogens with one attached hydrogen (secondary N) is 2. The lowest BCUT2D eigenvalue weighted by Gasteiger charge is -2.15. The zero-order valence-corrected chi connectivity index (χ0v) is 15.0. The predicted octanol–water partition coefficient (Wildman–Crippen LogP) is 3.19. The van der Waals surface area contributed by atoms with Gasteiger partial charge in [-0.15, -0.1) is 11.3 Å². The van der Waals surface area contributed by atoms with E-state index in [0.29, 0.717) is 21.9 Å². The minimum absolute atomic E-state index is 0.00151. The van der Waals surface area contributed by atoms with Crippen molar-refractivity contribution in [2.75, 3.05) is 10.6 Å². The van der Waals surface area contributed by atoms with Gasteiger partial charge in [0.15, 0.2) is 10.9 Å². The van der Waals surface area contributed by atoms with Gasteiger partial charge < -0.3 is 11.1 Å². The van der Waals surface area contributed by atoms with E-state index < -0.39 is 11.9 Å². The number of ketones is 1. The number of nitrogens with two attached hydrogens (primary N) is 1. The molecule has 0 atom stereocenters. The number of rotatable bonds is 6. The molecule has 1 aromatic heterocycles. The van der Waals surface area contributed by atoms with Gasteiger partial charge in [-0.05, 0) is 30.5 Å². The second-order valence-electron chi connectivity index (χ2n) is 6.29. The molecule has 8 heteroatoms. The number of urea groups is 1. The zero-order valence-electron chi connectivity index (χ0n) is 14.2. The van der Waals surface area contributed by atoms with Crippen molar-refractivity contribution < 1.29 is 14.4 Å². The first-order valence-corrected chi connectivity index (χ1v) is 9.34. The van der Waals surface area contributed by atoms with E-state index >= 15 is 0 Å². The lowest BCUT2D eigenvalue weighted by atomic mass is 9.93. The van der Waals surface area contributed by atoms with Crippen LogP contribution < -0.4 is 16.4 Å². The Morgan fingerprint density at radius 3 is 2.62 bits per heavy atom. The number of hydrogen-bond acceptors (Lipinski definition) is 5. The number of amides is 3. The van der Waals surface area contributed by atoms with Crippen LogP contribution in [0.15, 0.2) is 29.8 Å². The standard InChI is InChI=1S/C18H20N4O3S/c19-15(23)10-11-5-6-14(21-17(25)22-18-20-7-8-26-18)13(9-11)16(24)12-3-1-2-4-12/h5-9,12H,1-4,10H2,(H2,19,23)(H2,20,21,22,25). The third kappa shape index (κ3) is 4.45. The van der Waals surface area contributed by atoms with Crippen LogP contribution in [0.25, 0.3) is 0 Å². The van der Waals surface area contributed by atoms with Crippen LogP contribution in [0, 0.1) is 5.92 Å². The molecule has 1 heterocycles. The van der Waals surface area contributed by atoms with E-state index in [9.17, 15) is 14.4 Å². The molecule has 0 spiro atoms. The summed E-state index contributed by atoms with van der Waals surface area (Å²) in [5.74, 6) is -0.508. The van der Waals surface area contributed by atoms with Crippen molar-refractivity contribution >= 4 is 39.9 Å². The van der Waals surface area contributed by atoms with E-state index in [1.54, 1.807) is 29.8 Å². The van der Waals surface area contributed by atoms with E-state index in [1.807, 2.05) is 0 Å². The smallest absolute Gasteiger partial charge is 0.325 e. The summed E-state index contributed by atoms with van der Waals surface area (Å²) >= 11 is 1.30. The molecule has 3 amide bonds. The third-order valence-corrected chi connectivity index (χ3v) is 5.04. The molecule has 1 aliphatic rings. The van der Waals surface area contributed by atoms with Gasteiger partial charge in [0.05, 0.1) is 12.1 Å². The Hall–Kier alpha value is -2.74. The number of anilines is 2. The highest BCUT2D eigenvalue weighted by Gasteiger charge is 2.26. The van der Waals surface area contributed by atoms with Gasteiger partial charge in [0, 0.05) is 23.1 Å². The summed E-state index contributed by atoms with van der Waals surface area (Å²) in [5, 5.41) is 7.56. The average Bonchev–Trinajstić information content (AvgIpc) is 3.28. The molecule has 0 radical (unpaired) electrons. The summed E-state index contributed by atoms with van der Waals surface area (Å²) < 4.78 is 0. The number of hydrogen-bond donors (Lipinski definition) is 3. The molecule has 0 saturated heterocycles. The van der Waals surface area contributed by atoms with Gasteiger partial charge in [0.25, 0.3) is 0 Å². The summed E-state index contributed by atoms with van der Waals surface area (Å²) in [4.78, 5) is 40.3. The Morgan fingerprint density at radius 1 is 1.19 bits per heavy atom. The van der Waals surface area contributed by atoms with Crippen LogP contribution in [0.3, 0.4) is 0 Å². The number of primary amides is 1. The quantitative estimate of drug-likeness (QED) is 0.676. The largest absolute Gasteiger partial charge is 0.369 e. The maximum absolute atomic E-state index is 12.9. The average molecular weight is 372 g/mol. The molecule has 1 fully saturated rings. The van der Waals surface area contributed by atoms with E-state index in [0.717, 1.165) is 25.7 Å². The van der Waals surface area contributed by atoms with Crippen molar-refractivity contribution in [3.8, 4) is 0 Å². The predicted molar refractivity (Wildman–Crippen MR) is 100 cm³/mol. The second-order valence-corrected chi connectivity index (χ2v) is 7.18. The lowest BCUT2D eigenvalue weighted by Crippen LogP contribution is -2.22. The summed E-state index contributed by atoms with van der Waals surface area (Å²) in [6, 6.07) is 4.52. The minimum atomic E-state index is -0.469. The number of aromatic nitrogens is 1. The normalized spacial score (nSPS) is 14.2. The number of carbonyl (C=O) groups excluding carboxylic acids is 3. The van der Waals surface area contributed by atoms with Crippen LogP contribution in [0.2, 0.25) is 0 Å². The fourth-order valence-corrected chi connectivity index (χ4v) is 3.68. The minimum Gasteiger partial charge on any atom is -0.369 e. The monoisotopic (exact) mass is 372 g/mol. The molecule has 0 unspecified atom stereocenters. The van der Waals surface area contributed by atoms with Crippen molar-refractivity contribution in [1.82, 2.24) is 4.98 Å². The van der Waals surface area contributed by atoms with Crippen LogP contribution in [-0.2, 0) is 11.2 Å². The van der Waals surface area contributed by atoms with Crippen molar-refractivity contribution in [3.63, 3.8) is 0 Å². The fourth-order valence-electron chi connectivity index (χ4n) is 3.16. The molecule has 1 aromatic carbocycles. The molecule has 4 N–H and O–H groups in total. The van der Waals surface area contributed by atoms with Gasteiger partial charge in [0.1, 0.15) is 0 Å². The summed E-state index contributed by atoms with van der Waals surface area (Å²) in [6.07, 6.45) is 5.41. The number of carbonyl (C=O) groups is 3. The van der Waals surface area contributed by atoms with Crippen molar-refractivity contribution in [1.29, 1.82) is 0 Å². The molecule has 7 nitrogen and oxygen atoms in total. The van der Waals surface area contributed by atoms with E-state index in [2.05, 4.69) is 15.6 Å². The zero-order chi connectivity index (χ0) is 18.5. The van der Waals surface area contributed by atoms with Gasteiger partial charge in [-0.1, -0.05) is 18.9 Å². The topological polar surface area (TPSA) is 114 Å². The summed E-state index contributed by atoms with van der Waals surface area (Å²) in [5.41, 5.74) is 6.76. The van der Waals surface area contributed by atoms with E-state index in [4.69, 9.17) is 5.73 Å². The van der Waals surface area contributed by atoms with E-state index in [-0.39, 0.29) is 18.1 Å². The molecule has 0 aliphatic heterocycles. The molecule has 26 heavy (non-hydrogen) atoms. The van der Waals surface area contributed by atoms with Crippen LogP contribution in [0.1, 0.15) is 41.6 Å². The Bertz CT molecular complexity index is 814. The molecule has 3 rings (SSSR count). The molecule has 1 aliphatic carbocycles. The maximum Gasteiger partial charge on any atom is 0.325 e. The highest BCUT2D eigenvalue weighted by Crippen LogP contribution is 2.31. The van der Waals surface area contributed by atoms with E-state index in [1.165, 1.54) is 11.3 Å². The van der Waals surface area contributed by atoms with Gasteiger partial charge in [0.2, 0.25) is 5.91 Å². The molecule has 1 saturated carbocycles. The SMILES string of the molecule is NC(=O)Cc1ccc(NC(=O)Nc2nccs2)c(C(=O)C2CCCC2)c1. The Balaban J connectivity index is 1.83. The van der Waals surface area contributed by atoms with Gasteiger partial charge in [-0.25, -0.2) is 9.78 Å². The Labute approximate surface area is 155 Å². The van der Waals surface area contributed by atoms with Crippen LogP contribution in [0.4, 0.5) is 15.6 Å². The van der Waals surface area contributed by atoms with Crippen molar-refractivity contribution in [2.45, 2.75) is 32.1 Å². The molecule has 136 valence electrons. The molecule has 0 bridgehead atoms. The Kier molecular flexibility index (Phi) is 5.62. The fraction of sp³-hybridized carbons (Fsp3) is 0.333. The lowest BCUT2D eigenvalue weighted by molar-refractivity contribution is -0.117. The van der Waals surface area contributed by atoms with Gasteiger partial charge >= 0.3 is 6.03 Å². The van der Waals surface area contributed by atoms with Crippen molar-refractivity contribution in [3.05, 3.63) is 40.9 Å². The summed E-state index contributed by atoms with van der Waals surface area (Å²) in [6.45, 7) is 0. The number of benzene rings is 1. The Morgan fingerprint density at radius 2 is 1.96 bits per heavy atom. The maximum atomic E-state index is 12.9. The van der Waals surface area contributed by atoms with Crippen LogP contribution in [-0.4, -0.2) is 22.7 Å². The third-order valence-electron chi connectivity index (χ3n) is 4.35. The first-order chi connectivity index (χ1) is 12.5. The van der Waals surface area contributed by atoms with Gasteiger partial charge in [-0.2, -0.15) is 0 Å². The first kappa shape index (κ1) is 18.1. The molecule has 2 aromatic rings. The highest BCUT2D eigenvalue weighted by molar-refractivity contribution is 7.13. The number of thiazole rings is 1. The number of nitrogens with zero attached hydrogens (tertiary/aromatic N) is 1. The molecular formula is C18H20N4O3S. The van der Waals surface area contributed by atoms with Gasteiger partial charge in [-0.3, -0.25) is 14.9 Å². The highest BCUT2D eigenvalue weighted by atomic mass is 32.1. The number of Topliss-reactive ketones (excluding diaryl/α,β-unsaturated/α-hetero) is 1. The van der Waals surface area contributed by atoms with Crippen LogP contribution >= 0.6 is 11.3 Å². The van der Waals surface area contributed by atoms with Crippen molar-refractivity contribution in [2.24, 2.45) is 11.7 Å². The first-order valence-electron chi connectivity index (χ1n) is 8.46. The second kappa shape index (κ2) is 8.09. The van der Waals surface area contributed by atoms with Crippen LogP contribution in [0.5, 0.6) is 0 Å². The summed E-state index contributed by atoms with van der Waals surface area (Å²) in [7, 11) is 0.